The van der Waals surface area contributed by atoms with Crippen molar-refractivity contribution >= 4 is 35.6 Å². The van der Waals surface area contributed by atoms with E-state index in [9.17, 15) is 4.79 Å². The van der Waals surface area contributed by atoms with E-state index < -0.39 is 0 Å². The summed E-state index contributed by atoms with van der Waals surface area (Å²) in [5, 5.41) is 3.96. The molecule has 2 aromatic carbocycles. The first-order valence-electron chi connectivity index (χ1n) is 6.42. The molecular weight excluding hydrogens is 300 g/mol. The molecule has 0 aliphatic carbocycles. The highest BCUT2D eigenvalue weighted by atomic mass is 32.2. The Morgan fingerprint density at radius 1 is 1.10 bits per heavy atom. The van der Waals surface area contributed by atoms with Crippen molar-refractivity contribution in [1.82, 2.24) is 5.43 Å². The zero-order valence-corrected chi connectivity index (χ0v) is 13.3. The van der Waals surface area contributed by atoms with Gasteiger partial charge in [0.2, 0.25) is 5.91 Å². The van der Waals surface area contributed by atoms with E-state index in [1.54, 1.807) is 18.0 Å². The molecule has 108 valence electrons. The Labute approximate surface area is 133 Å². The van der Waals surface area contributed by atoms with Crippen LogP contribution in [0, 0.1) is 0 Å². The largest absolute Gasteiger partial charge is 0.272 e. The number of hydrazone groups is 1. The van der Waals surface area contributed by atoms with Gasteiger partial charge in [-0.05, 0) is 36.1 Å². The molecular formula is C16H16N2OS2. The highest BCUT2D eigenvalue weighted by Crippen LogP contribution is 2.16. The Balaban J connectivity index is 1.76. The first kappa shape index (κ1) is 15.7. The Kier molecular flexibility index (Phi) is 6.37. The van der Waals surface area contributed by atoms with Gasteiger partial charge in [0, 0.05) is 9.79 Å². The number of nitrogens with one attached hydrogen (secondary N) is 1. The average Bonchev–Trinajstić information content (AvgIpc) is 2.54. The second-order valence-corrected chi connectivity index (χ2v) is 6.10. The van der Waals surface area contributed by atoms with E-state index in [-0.39, 0.29) is 5.91 Å². The van der Waals surface area contributed by atoms with Crippen molar-refractivity contribution in [2.45, 2.75) is 9.79 Å². The van der Waals surface area contributed by atoms with Crippen LogP contribution in [0.5, 0.6) is 0 Å². The van der Waals surface area contributed by atoms with E-state index in [0.29, 0.717) is 5.75 Å². The molecule has 0 aromatic heterocycles. The molecule has 0 fully saturated rings. The maximum Gasteiger partial charge on any atom is 0.250 e. The van der Waals surface area contributed by atoms with Crippen LogP contribution in [0.3, 0.4) is 0 Å². The van der Waals surface area contributed by atoms with Gasteiger partial charge in [0.05, 0.1) is 12.0 Å². The third-order valence-electron chi connectivity index (χ3n) is 2.63. The van der Waals surface area contributed by atoms with Crippen LogP contribution < -0.4 is 5.43 Å². The quantitative estimate of drug-likeness (QED) is 0.502. The summed E-state index contributed by atoms with van der Waals surface area (Å²) in [4.78, 5) is 13.9. The van der Waals surface area contributed by atoms with Crippen LogP contribution in [-0.2, 0) is 4.79 Å². The van der Waals surface area contributed by atoms with E-state index in [1.165, 1.54) is 16.7 Å². The van der Waals surface area contributed by atoms with E-state index in [2.05, 4.69) is 10.5 Å². The lowest BCUT2D eigenvalue weighted by molar-refractivity contribution is -0.118. The molecule has 0 spiro atoms. The van der Waals surface area contributed by atoms with Gasteiger partial charge in [-0.25, -0.2) is 5.43 Å². The lowest BCUT2D eigenvalue weighted by Gasteiger charge is -2.00. The number of amides is 1. The van der Waals surface area contributed by atoms with Crippen LogP contribution in [0.15, 0.2) is 69.5 Å². The van der Waals surface area contributed by atoms with Crippen LogP contribution >= 0.6 is 23.5 Å². The molecule has 3 nitrogen and oxygen atoms in total. The topological polar surface area (TPSA) is 41.5 Å². The third-order valence-corrected chi connectivity index (χ3v) is 4.39. The molecule has 0 bridgehead atoms. The van der Waals surface area contributed by atoms with E-state index >= 15 is 0 Å². The fourth-order valence-electron chi connectivity index (χ4n) is 1.57. The average molecular weight is 316 g/mol. The van der Waals surface area contributed by atoms with E-state index in [1.807, 2.05) is 60.9 Å². The minimum absolute atomic E-state index is 0.110. The molecule has 0 aliphatic heterocycles. The second kappa shape index (κ2) is 8.54. The summed E-state index contributed by atoms with van der Waals surface area (Å²) in [5.74, 6) is 0.244. The minimum atomic E-state index is -0.110. The molecule has 0 saturated heterocycles. The van der Waals surface area contributed by atoms with Crippen LogP contribution in [0.25, 0.3) is 0 Å². The highest BCUT2D eigenvalue weighted by molar-refractivity contribution is 8.00. The Bertz CT molecular complexity index is 597. The summed E-state index contributed by atoms with van der Waals surface area (Å²) < 4.78 is 0. The zero-order valence-electron chi connectivity index (χ0n) is 11.7. The normalized spacial score (nSPS) is 10.7. The van der Waals surface area contributed by atoms with Gasteiger partial charge in [-0.2, -0.15) is 5.10 Å². The van der Waals surface area contributed by atoms with Gasteiger partial charge in [-0.15, -0.1) is 23.5 Å². The molecule has 0 radical (unpaired) electrons. The molecule has 0 heterocycles. The predicted molar refractivity (Wildman–Crippen MR) is 91.1 cm³/mol. The fourth-order valence-corrected chi connectivity index (χ4v) is 2.69. The lowest BCUT2D eigenvalue weighted by atomic mass is 10.2. The second-order valence-electron chi connectivity index (χ2n) is 4.17. The summed E-state index contributed by atoms with van der Waals surface area (Å²) >= 11 is 3.18. The number of hydrogen-bond donors (Lipinski definition) is 1. The number of carbonyl (C=O) groups is 1. The molecule has 2 rings (SSSR count). The van der Waals surface area contributed by atoms with Gasteiger partial charge in [0.15, 0.2) is 0 Å². The summed E-state index contributed by atoms with van der Waals surface area (Å²) in [6.07, 6.45) is 3.68. The zero-order chi connectivity index (χ0) is 14.9. The summed E-state index contributed by atoms with van der Waals surface area (Å²) in [6.45, 7) is 0. The lowest BCUT2D eigenvalue weighted by Crippen LogP contribution is -2.19. The van der Waals surface area contributed by atoms with Gasteiger partial charge in [0.25, 0.3) is 0 Å². The fraction of sp³-hybridized carbons (Fsp3) is 0.125. The standard InChI is InChI=1S/C16H16N2OS2/c1-20-14-9-7-13(8-10-14)11-17-18-16(19)12-21-15-5-3-2-4-6-15/h2-11H,12H2,1H3,(H,18,19)/b17-11-. The molecule has 0 saturated carbocycles. The van der Waals surface area contributed by atoms with Crippen molar-refractivity contribution in [3.63, 3.8) is 0 Å². The third kappa shape index (κ3) is 5.65. The van der Waals surface area contributed by atoms with Crippen LogP contribution in [0.1, 0.15) is 5.56 Å². The van der Waals surface area contributed by atoms with Crippen molar-refractivity contribution in [1.29, 1.82) is 0 Å². The number of carbonyl (C=O) groups excluding carboxylic acids is 1. The first-order valence-corrected chi connectivity index (χ1v) is 8.63. The first-order chi connectivity index (χ1) is 10.3. The van der Waals surface area contributed by atoms with Gasteiger partial charge < -0.3 is 0 Å². The maximum absolute atomic E-state index is 11.7. The summed E-state index contributed by atoms with van der Waals surface area (Å²) in [6, 6.07) is 17.8. The summed E-state index contributed by atoms with van der Waals surface area (Å²) in [7, 11) is 0. The highest BCUT2D eigenvalue weighted by Gasteiger charge is 2.00. The van der Waals surface area contributed by atoms with Crippen LogP contribution in [0.2, 0.25) is 0 Å². The molecule has 21 heavy (non-hydrogen) atoms. The predicted octanol–water partition coefficient (Wildman–Crippen LogP) is 3.65. The number of hydrogen-bond acceptors (Lipinski definition) is 4. The molecule has 0 atom stereocenters. The number of nitrogens with zero attached hydrogens (tertiary/aromatic N) is 1. The number of thioether (sulfide) groups is 2. The molecule has 2 aromatic rings. The van der Waals surface area contributed by atoms with Crippen molar-refractivity contribution in [3.8, 4) is 0 Å². The Hall–Kier alpha value is -1.72. The Morgan fingerprint density at radius 3 is 2.48 bits per heavy atom. The van der Waals surface area contributed by atoms with Gasteiger partial charge in [0.1, 0.15) is 0 Å². The molecule has 0 unspecified atom stereocenters. The maximum atomic E-state index is 11.7. The van der Waals surface area contributed by atoms with Gasteiger partial charge in [-0.1, -0.05) is 30.3 Å². The molecule has 5 heteroatoms. The minimum Gasteiger partial charge on any atom is -0.272 e. The van der Waals surface area contributed by atoms with Crippen LogP contribution in [-0.4, -0.2) is 24.1 Å². The van der Waals surface area contributed by atoms with E-state index in [4.69, 9.17) is 0 Å². The molecule has 1 N–H and O–H groups in total. The SMILES string of the molecule is CSc1ccc(/C=N\NC(=O)CSc2ccccc2)cc1. The van der Waals surface area contributed by atoms with Gasteiger partial charge in [-0.3, -0.25) is 4.79 Å². The molecule has 0 aliphatic rings. The summed E-state index contributed by atoms with van der Waals surface area (Å²) in [5.41, 5.74) is 3.50. The van der Waals surface area contributed by atoms with Crippen LogP contribution in [0.4, 0.5) is 0 Å². The smallest absolute Gasteiger partial charge is 0.250 e. The Morgan fingerprint density at radius 2 is 1.81 bits per heavy atom. The van der Waals surface area contributed by atoms with Crippen molar-refractivity contribution in [2.24, 2.45) is 5.10 Å². The van der Waals surface area contributed by atoms with Gasteiger partial charge >= 0.3 is 0 Å². The number of rotatable bonds is 6. The van der Waals surface area contributed by atoms with Crippen molar-refractivity contribution in [2.75, 3.05) is 12.0 Å². The van der Waals surface area contributed by atoms with Crippen molar-refractivity contribution in [3.05, 3.63) is 60.2 Å². The molecule has 1 amide bonds. The monoisotopic (exact) mass is 316 g/mol. The van der Waals surface area contributed by atoms with Crippen molar-refractivity contribution < 1.29 is 4.79 Å². The number of benzene rings is 2. The van der Waals surface area contributed by atoms with E-state index in [0.717, 1.165) is 10.5 Å².